The second-order valence-electron chi connectivity index (χ2n) is 9.42. The van der Waals surface area contributed by atoms with Crippen LogP contribution < -0.4 is 5.43 Å². The van der Waals surface area contributed by atoms with Crippen molar-refractivity contribution < 1.29 is 4.79 Å². The molecule has 7 heteroatoms. The van der Waals surface area contributed by atoms with E-state index in [4.69, 9.17) is 0 Å². The predicted octanol–water partition coefficient (Wildman–Crippen LogP) is 6.54. The van der Waals surface area contributed by atoms with Crippen molar-refractivity contribution in [2.45, 2.75) is 57.1 Å². The zero-order valence-electron chi connectivity index (χ0n) is 20.8. The molecule has 3 aromatic carbocycles. The summed E-state index contributed by atoms with van der Waals surface area (Å²) < 4.78 is 2.26. The summed E-state index contributed by atoms with van der Waals surface area (Å²) in [5.74, 6) is 0.956. The molecule has 1 amide bonds. The Balaban J connectivity index is 1.28. The molecule has 1 aliphatic rings. The molecule has 36 heavy (non-hydrogen) atoms. The molecular formula is C29H31N5OS. The minimum absolute atomic E-state index is 0.157. The normalized spacial score (nSPS) is 14.8. The number of amides is 1. The van der Waals surface area contributed by atoms with Crippen LogP contribution in [0, 0.1) is 6.92 Å². The van der Waals surface area contributed by atoms with Gasteiger partial charge in [-0.2, -0.15) is 5.10 Å². The summed E-state index contributed by atoms with van der Waals surface area (Å²) >= 11 is 1.42. The Morgan fingerprint density at radius 2 is 1.75 bits per heavy atom. The quantitative estimate of drug-likeness (QED) is 0.179. The summed E-state index contributed by atoms with van der Waals surface area (Å²) in [7, 11) is 0. The van der Waals surface area contributed by atoms with Crippen molar-refractivity contribution in [1.29, 1.82) is 0 Å². The fourth-order valence-corrected chi connectivity index (χ4v) is 5.53. The van der Waals surface area contributed by atoms with Gasteiger partial charge in [-0.15, -0.1) is 10.2 Å². The zero-order valence-corrected chi connectivity index (χ0v) is 21.6. The summed E-state index contributed by atoms with van der Waals surface area (Å²) in [6.07, 6.45) is 5.93. The van der Waals surface area contributed by atoms with E-state index in [0.717, 1.165) is 46.0 Å². The van der Waals surface area contributed by atoms with Crippen LogP contribution in [0.25, 0.3) is 22.2 Å². The highest BCUT2D eigenvalue weighted by atomic mass is 32.2. The molecule has 6 nitrogen and oxygen atoms in total. The molecule has 1 N–H and O–H groups in total. The van der Waals surface area contributed by atoms with Crippen molar-refractivity contribution >= 4 is 34.2 Å². The Morgan fingerprint density at radius 1 is 1.00 bits per heavy atom. The molecule has 0 aliphatic heterocycles. The summed E-state index contributed by atoms with van der Waals surface area (Å²) in [5, 5.41) is 16.5. The smallest absolute Gasteiger partial charge is 0.250 e. The number of carbonyl (C=O) groups excluding carboxylic acids is 1. The van der Waals surface area contributed by atoms with Crippen molar-refractivity contribution in [3.63, 3.8) is 0 Å². The molecule has 1 heterocycles. The van der Waals surface area contributed by atoms with Gasteiger partial charge in [-0.1, -0.05) is 97.3 Å². The average molecular weight is 498 g/mol. The van der Waals surface area contributed by atoms with E-state index in [9.17, 15) is 4.79 Å². The summed E-state index contributed by atoms with van der Waals surface area (Å²) in [5.41, 5.74) is 6.75. The minimum Gasteiger partial charge on any atom is -0.299 e. The number of rotatable bonds is 7. The molecular weight excluding hydrogens is 466 g/mol. The number of hydrogen-bond donors (Lipinski definition) is 1. The van der Waals surface area contributed by atoms with Crippen molar-refractivity contribution in [3.05, 3.63) is 77.9 Å². The summed E-state index contributed by atoms with van der Waals surface area (Å²) in [6.45, 7) is 3.99. The van der Waals surface area contributed by atoms with Crippen LogP contribution in [0.3, 0.4) is 0 Å². The second-order valence-corrected chi connectivity index (χ2v) is 10.4. The molecule has 0 spiro atoms. The summed E-state index contributed by atoms with van der Waals surface area (Å²) in [6, 6.07) is 23.2. The lowest BCUT2D eigenvalue weighted by Crippen LogP contribution is -2.22. The van der Waals surface area contributed by atoms with Gasteiger partial charge in [0.25, 0.3) is 5.91 Å². The molecule has 184 valence electrons. The molecule has 1 aliphatic carbocycles. The van der Waals surface area contributed by atoms with E-state index < -0.39 is 0 Å². The Hall–Kier alpha value is -3.45. The summed E-state index contributed by atoms with van der Waals surface area (Å²) in [4.78, 5) is 12.7. The van der Waals surface area contributed by atoms with Gasteiger partial charge in [-0.3, -0.25) is 9.36 Å². The standard InChI is InChI=1S/C29H31N5OS/c1-20-12-14-23(15-13-20)28-32-33-29(34(28)26-10-4-3-5-11-26)36-19-27(35)31-30-21(2)24-17-16-22-8-6-7-9-25(22)18-24/h6-9,12-18,26H,3-5,10-11,19H2,1-2H3,(H,31,35)/b30-21+. The first-order chi connectivity index (χ1) is 17.6. The van der Waals surface area contributed by atoms with Gasteiger partial charge in [0.1, 0.15) is 0 Å². The lowest BCUT2D eigenvalue weighted by molar-refractivity contribution is -0.118. The molecule has 0 saturated heterocycles. The van der Waals surface area contributed by atoms with Crippen LogP contribution in [0.15, 0.2) is 77.0 Å². The topological polar surface area (TPSA) is 72.2 Å². The van der Waals surface area contributed by atoms with Gasteiger partial charge in [-0.25, -0.2) is 5.43 Å². The fourth-order valence-electron chi connectivity index (χ4n) is 4.73. The average Bonchev–Trinajstić information content (AvgIpc) is 3.35. The molecule has 1 fully saturated rings. The maximum atomic E-state index is 12.7. The highest BCUT2D eigenvalue weighted by Gasteiger charge is 2.24. The number of thioether (sulfide) groups is 1. The number of nitrogens with one attached hydrogen (secondary N) is 1. The highest BCUT2D eigenvalue weighted by Crippen LogP contribution is 2.35. The number of hydrazone groups is 1. The van der Waals surface area contributed by atoms with Crippen molar-refractivity contribution in [2.24, 2.45) is 5.10 Å². The lowest BCUT2D eigenvalue weighted by atomic mass is 9.95. The van der Waals surface area contributed by atoms with E-state index in [0.29, 0.717) is 6.04 Å². The number of fused-ring (bicyclic) bond motifs is 1. The fraction of sp³-hybridized carbons (Fsp3) is 0.310. The third-order valence-electron chi connectivity index (χ3n) is 6.76. The number of hydrogen-bond acceptors (Lipinski definition) is 5. The minimum atomic E-state index is -0.157. The van der Waals surface area contributed by atoms with Gasteiger partial charge in [0.05, 0.1) is 11.5 Å². The van der Waals surface area contributed by atoms with Crippen molar-refractivity contribution in [2.75, 3.05) is 5.75 Å². The predicted molar refractivity (Wildman–Crippen MR) is 147 cm³/mol. The van der Waals surface area contributed by atoms with Gasteiger partial charge < -0.3 is 0 Å². The van der Waals surface area contributed by atoms with E-state index >= 15 is 0 Å². The van der Waals surface area contributed by atoms with E-state index in [1.54, 1.807) is 0 Å². The second kappa shape index (κ2) is 11.1. The molecule has 1 saturated carbocycles. The third kappa shape index (κ3) is 5.51. The molecule has 0 radical (unpaired) electrons. The van der Waals surface area contributed by atoms with E-state index in [2.05, 4.69) is 80.7 Å². The Morgan fingerprint density at radius 3 is 2.53 bits per heavy atom. The van der Waals surface area contributed by atoms with Gasteiger partial charge in [0.2, 0.25) is 0 Å². The van der Waals surface area contributed by atoms with Gasteiger partial charge in [-0.05, 0) is 49.1 Å². The van der Waals surface area contributed by atoms with E-state index in [1.165, 1.54) is 42.0 Å². The van der Waals surface area contributed by atoms with Crippen molar-refractivity contribution in [3.8, 4) is 11.4 Å². The van der Waals surface area contributed by atoms with Crippen LogP contribution in [0.2, 0.25) is 0 Å². The molecule has 1 aromatic heterocycles. The first-order valence-electron chi connectivity index (χ1n) is 12.6. The first kappa shape index (κ1) is 24.3. The van der Waals surface area contributed by atoms with Gasteiger partial charge in [0, 0.05) is 11.6 Å². The Kier molecular flexibility index (Phi) is 7.47. The number of nitrogens with zero attached hydrogens (tertiary/aromatic N) is 4. The first-order valence-corrected chi connectivity index (χ1v) is 13.5. The van der Waals surface area contributed by atoms with E-state index in [-0.39, 0.29) is 11.7 Å². The SMILES string of the molecule is C/C(=N\NC(=O)CSc1nnc(-c2ccc(C)cc2)n1C1CCCCC1)c1ccc2ccccc2c1. The number of aromatic nitrogens is 3. The number of aryl methyl sites for hydroxylation is 1. The molecule has 0 atom stereocenters. The molecule has 4 aromatic rings. The van der Waals surface area contributed by atoms with Crippen LogP contribution in [0.1, 0.15) is 56.2 Å². The van der Waals surface area contributed by atoms with Crippen LogP contribution in [0.4, 0.5) is 0 Å². The van der Waals surface area contributed by atoms with Crippen molar-refractivity contribution in [1.82, 2.24) is 20.2 Å². The maximum Gasteiger partial charge on any atom is 0.250 e. The largest absolute Gasteiger partial charge is 0.299 e. The Labute approximate surface area is 216 Å². The van der Waals surface area contributed by atoms with Crippen LogP contribution in [-0.4, -0.2) is 32.1 Å². The molecule has 0 unspecified atom stereocenters. The lowest BCUT2D eigenvalue weighted by Gasteiger charge is -2.25. The number of benzene rings is 3. The third-order valence-corrected chi connectivity index (χ3v) is 7.71. The number of carbonyl (C=O) groups is 1. The monoisotopic (exact) mass is 497 g/mol. The van der Waals surface area contributed by atoms with Gasteiger partial charge in [0.15, 0.2) is 11.0 Å². The highest BCUT2D eigenvalue weighted by molar-refractivity contribution is 7.99. The Bertz CT molecular complexity index is 1390. The van der Waals surface area contributed by atoms with Gasteiger partial charge >= 0.3 is 0 Å². The van der Waals surface area contributed by atoms with Crippen LogP contribution in [-0.2, 0) is 4.79 Å². The zero-order chi connectivity index (χ0) is 24.9. The van der Waals surface area contributed by atoms with E-state index in [1.807, 2.05) is 25.1 Å². The van der Waals surface area contributed by atoms with Crippen LogP contribution >= 0.6 is 11.8 Å². The molecule has 0 bridgehead atoms. The molecule has 5 rings (SSSR count). The maximum absolute atomic E-state index is 12.7. The van der Waals surface area contributed by atoms with Crippen LogP contribution in [0.5, 0.6) is 0 Å².